The van der Waals surface area contributed by atoms with E-state index in [1.165, 1.54) is 31.7 Å². The van der Waals surface area contributed by atoms with E-state index in [0.717, 1.165) is 0 Å². The lowest BCUT2D eigenvalue weighted by Crippen LogP contribution is -2.43. The molecule has 0 amide bonds. The largest absolute Gasteiger partial charge is 0.385 e. The molecule has 1 aliphatic rings. The van der Waals surface area contributed by atoms with Crippen LogP contribution in [0, 0.1) is 11.6 Å². The number of nitrogens with zero attached hydrogens (tertiary/aromatic N) is 3. The SMILES string of the molecule is CC1(c2cc(-c3cncnc3)c(F)cc2F)N=C(N)COC1F. The van der Waals surface area contributed by atoms with Crippen LogP contribution in [0.4, 0.5) is 13.2 Å². The minimum Gasteiger partial charge on any atom is -0.385 e. The van der Waals surface area contributed by atoms with Crippen LogP contribution in [0.1, 0.15) is 12.5 Å². The first-order valence-electron chi connectivity index (χ1n) is 6.76. The van der Waals surface area contributed by atoms with E-state index in [2.05, 4.69) is 15.0 Å². The van der Waals surface area contributed by atoms with Crippen molar-refractivity contribution in [3.05, 3.63) is 48.1 Å². The van der Waals surface area contributed by atoms with E-state index < -0.39 is 23.5 Å². The molecular formula is C15H13F3N4O. The zero-order valence-electron chi connectivity index (χ0n) is 12.1. The van der Waals surface area contributed by atoms with Crippen LogP contribution in [0.25, 0.3) is 11.1 Å². The van der Waals surface area contributed by atoms with Gasteiger partial charge in [0.1, 0.15) is 35.9 Å². The normalized spacial score (nSPS) is 24.3. The van der Waals surface area contributed by atoms with E-state index in [4.69, 9.17) is 10.5 Å². The topological polar surface area (TPSA) is 73.4 Å². The number of halogens is 3. The van der Waals surface area contributed by atoms with Crippen LogP contribution >= 0.6 is 0 Å². The zero-order chi connectivity index (χ0) is 16.6. The number of hydrogen-bond acceptors (Lipinski definition) is 5. The number of ether oxygens (including phenoxy) is 1. The highest BCUT2D eigenvalue weighted by atomic mass is 19.1. The Kier molecular flexibility index (Phi) is 3.77. The molecule has 0 fully saturated rings. The van der Waals surface area contributed by atoms with Crippen molar-refractivity contribution in [3.8, 4) is 11.1 Å². The minimum atomic E-state index is -1.91. The summed E-state index contributed by atoms with van der Waals surface area (Å²) in [6.07, 6.45) is 2.12. The highest BCUT2D eigenvalue weighted by Crippen LogP contribution is 2.38. The highest BCUT2D eigenvalue weighted by Gasteiger charge is 2.42. The maximum atomic E-state index is 14.3. The number of benzene rings is 1. The van der Waals surface area contributed by atoms with E-state index in [0.29, 0.717) is 11.6 Å². The minimum absolute atomic E-state index is 0.0368. The average molecular weight is 322 g/mol. The van der Waals surface area contributed by atoms with Crippen LogP contribution in [0.5, 0.6) is 0 Å². The first kappa shape index (κ1) is 15.4. The molecule has 2 heterocycles. The standard InChI is InChI=1S/C15H13F3N4O/c1-15(14(18)23-6-13(19)22-15)10-2-9(11(16)3-12(10)17)8-4-20-7-21-5-8/h2-5,7,14H,6H2,1H3,(H2,19,22). The van der Waals surface area contributed by atoms with Crippen molar-refractivity contribution in [3.63, 3.8) is 0 Å². The molecule has 0 aliphatic carbocycles. The molecule has 1 aliphatic heterocycles. The molecule has 23 heavy (non-hydrogen) atoms. The molecule has 0 saturated carbocycles. The summed E-state index contributed by atoms with van der Waals surface area (Å²) in [5.74, 6) is -1.71. The predicted octanol–water partition coefficient (Wildman–Crippen LogP) is 2.32. The second kappa shape index (κ2) is 5.62. The van der Waals surface area contributed by atoms with Gasteiger partial charge >= 0.3 is 0 Å². The Morgan fingerprint density at radius 2 is 1.91 bits per heavy atom. The molecule has 2 atom stereocenters. The molecule has 0 saturated heterocycles. The predicted molar refractivity (Wildman–Crippen MR) is 77.2 cm³/mol. The quantitative estimate of drug-likeness (QED) is 0.921. The van der Waals surface area contributed by atoms with Gasteiger partial charge in [0, 0.05) is 35.2 Å². The molecule has 2 N–H and O–H groups in total. The van der Waals surface area contributed by atoms with Crippen LogP contribution in [-0.4, -0.2) is 28.8 Å². The fourth-order valence-corrected chi connectivity index (χ4v) is 2.48. The second-order valence-corrected chi connectivity index (χ2v) is 5.32. The van der Waals surface area contributed by atoms with Gasteiger partial charge in [-0.1, -0.05) is 0 Å². The summed E-state index contributed by atoms with van der Waals surface area (Å²) >= 11 is 0. The molecule has 2 unspecified atom stereocenters. The van der Waals surface area contributed by atoms with Crippen molar-refractivity contribution in [2.24, 2.45) is 10.7 Å². The lowest BCUT2D eigenvalue weighted by Gasteiger charge is -2.33. The van der Waals surface area contributed by atoms with Gasteiger partial charge in [-0.3, -0.25) is 4.99 Å². The van der Waals surface area contributed by atoms with Gasteiger partial charge in [0.05, 0.1) is 0 Å². The molecule has 5 nitrogen and oxygen atoms in total. The Morgan fingerprint density at radius 1 is 1.22 bits per heavy atom. The van der Waals surface area contributed by atoms with Crippen LogP contribution in [0.15, 0.2) is 35.8 Å². The summed E-state index contributed by atoms with van der Waals surface area (Å²) in [5, 5.41) is 0. The summed E-state index contributed by atoms with van der Waals surface area (Å²) in [7, 11) is 0. The maximum absolute atomic E-state index is 14.3. The number of alkyl halides is 1. The van der Waals surface area contributed by atoms with Gasteiger partial charge in [0.2, 0.25) is 6.36 Å². The van der Waals surface area contributed by atoms with E-state index >= 15 is 0 Å². The van der Waals surface area contributed by atoms with Crippen LogP contribution in [0.2, 0.25) is 0 Å². The molecule has 0 radical (unpaired) electrons. The van der Waals surface area contributed by atoms with Crippen LogP contribution in [-0.2, 0) is 10.3 Å². The number of aromatic nitrogens is 2. The van der Waals surface area contributed by atoms with Gasteiger partial charge in [0.15, 0.2) is 0 Å². The van der Waals surface area contributed by atoms with Crippen molar-refractivity contribution in [2.45, 2.75) is 18.8 Å². The van der Waals surface area contributed by atoms with Crippen LogP contribution < -0.4 is 5.73 Å². The smallest absolute Gasteiger partial charge is 0.228 e. The van der Waals surface area contributed by atoms with E-state index in [1.54, 1.807) is 0 Å². The summed E-state index contributed by atoms with van der Waals surface area (Å²) in [6, 6.07) is 1.86. The number of aliphatic imine (C=N–C) groups is 1. The molecule has 1 aromatic carbocycles. The average Bonchev–Trinajstić information content (AvgIpc) is 2.52. The summed E-state index contributed by atoms with van der Waals surface area (Å²) in [4.78, 5) is 11.6. The van der Waals surface area contributed by atoms with Crippen molar-refractivity contribution in [1.29, 1.82) is 0 Å². The Bertz CT molecular complexity index is 769. The zero-order valence-corrected chi connectivity index (χ0v) is 12.1. The monoisotopic (exact) mass is 322 g/mol. The molecule has 1 aromatic heterocycles. The lowest BCUT2D eigenvalue weighted by atomic mass is 9.88. The molecule has 120 valence electrons. The third-order valence-corrected chi connectivity index (χ3v) is 3.67. The van der Waals surface area contributed by atoms with Gasteiger partial charge in [-0.25, -0.2) is 23.1 Å². The number of rotatable bonds is 2. The van der Waals surface area contributed by atoms with Crippen molar-refractivity contribution in [1.82, 2.24) is 9.97 Å². The molecule has 2 aromatic rings. The van der Waals surface area contributed by atoms with Gasteiger partial charge < -0.3 is 10.5 Å². The van der Waals surface area contributed by atoms with Gasteiger partial charge in [0.25, 0.3) is 0 Å². The van der Waals surface area contributed by atoms with Crippen molar-refractivity contribution < 1.29 is 17.9 Å². The summed E-state index contributed by atoms with van der Waals surface area (Å²) < 4.78 is 47.5. The van der Waals surface area contributed by atoms with Crippen LogP contribution in [0.3, 0.4) is 0 Å². The first-order valence-corrected chi connectivity index (χ1v) is 6.76. The molecule has 0 spiro atoms. The van der Waals surface area contributed by atoms with Gasteiger partial charge in [-0.2, -0.15) is 0 Å². The number of amidine groups is 1. The van der Waals surface area contributed by atoms with E-state index in [9.17, 15) is 13.2 Å². The number of nitrogens with two attached hydrogens (primary N) is 1. The Labute approximate surface area is 130 Å². The molecular weight excluding hydrogens is 309 g/mol. The van der Waals surface area contributed by atoms with Crippen molar-refractivity contribution >= 4 is 5.84 Å². The second-order valence-electron chi connectivity index (χ2n) is 5.32. The lowest BCUT2D eigenvalue weighted by molar-refractivity contribution is -0.0805. The third-order valence-electron chi connectivity index (χ3n) is 3.67. The Hall–Kier alpha value is -2.48. The van der Waals surface area contributed by atoms with Crippen molar-refractivity contribution in [2.75, 3.05) is 6.61 Å². The third kappa shape index (κ3) is 2.65. The summed E-state index contributed by atoms with van der Waals surface area (Å²) in [6.45, 7) is 1.16. The van der Waals surface area contributed by atoms with Gasteiger partial charge in [-0.05, 0) is 13.0 Å². The van der Waals surface area contributed by atoms with E-state index in [1.807, 2.05) is 0 Å². The van der Waals surface area contributed by atoms with Gasteiger partial charge in [-0.15, -0.1) is 0 Å². The van der Waals surface area contributed by atoms with E-state index in [-0.39, 0.29) is 23.6 Å². The molecule has 8 heteroatoms. The molecule has 3 rings (SSSR count). The number of hydrogen-bond donors (Lipinski definition) is 1. The fourth-order valence-electron chi connectivity index (χ4n) is 2.48. The fraction of sp³-hybridized carbons (Fsp3) is 0.267. The highest BCUT2D eigenvalue weighted by molar-refractivity contribution is 5.82. The Balaban J connectivity index is 2.19. The molecule has 0 bridgehead atoms. The maximum Gasteiger partial charge on any atom is 0.228 e. The summed E-state index contributed by atoms with van der Waals surface area (Å²) in [5.41, 5.74) is 4.09. The first-order chi connectivity index (χ1) is 10.9. The Morgan fingerprint density at radius 3 is 2.61 bits per heavy atom.